The van der Waals surface area contributed by atoms with Crippen LogP contribution < -0.4 is 10.1 Å². The van der Waals surface area contributed by atoms with E-state index in [4.69, 9.17) is 4.74 Å². The van der Waals surface area contributed by atoms with Crippen LogP contribution in [0.25, 0.3) is 0 Å². The highest BCUT2D eigenvalue weighted by Gasteiger charge is 2.28. The Morgan fingerprint density at radius 1 is 1.23 bits per heavy atom. The van der Waals surface area contributed by atoms with Crippen LogP contribution in [-0.4, -0.2) is 17.1 Å². The molecule has 0 unspecified atom stereocenters. The molecule has 1 saturated carbocycles. The molecule has 0 bridgehead atoms. The minimum atomic E-state index is -2.58. The largest absolute Gasteiger partial charge is 0.497 e. The fourth-order valence-corrected chi connectivity index (χ4v) is 2.15. The second-order valence-corrected chi connectivity index (χ2v) is 5.31. The number of methoxy groups -OCH3 is 1. The predicted molar refractivity (Wildman–Crippen MR) is 79.3 cm³/mol. The molecule has 0 radical (unpaired) electrons. The maximum Gasteiger partial charge on any atom is 0.280 e. The summed E-state index contributed by atoms with van der Waals surface area (Å²) in [5.41, 5.74) is 0.806. The lowest BCUT2D eigenvalue weighted by atomic mass is 10.2. The summed E-state index contributed by atoms with van der Waals surface area (Å²) in [4.78, 5) is 8.30. The van der Waals surface area contributed by atoms with Gasteiger partial charge < -0.3 is 10.1 Å². The zero-order valence-corrected chi connectivity index (χ0v) is 12.2. The number of hydrogen-bond acceptors (Lipinski definition) is 4. The SMILES string of the molecule is COc1ccc(CNc2cc(C(F)F)nc(C3CC3)n2)cc1. The van der Waals surface area contributed by atoms with Crippen LogP contribution in [0, 0.1) is 0 Å². The van der Waals surface area contributed by atoms with Crippen molar-refractivity contribution in [2.75, 3.05) is 12.4 Å². The predicted octanol–water partition coefficient (Wildman–Crippen LogP) is 3.91. The number of rotatable bonds is 6. The van der Waals surface area contributed by atoms with Crippen molar-refractivity contribution in [1.29, 1.82) is 0 Å². The maximum atomic E-state index is 12.9. The highest BCUT2D eigenvalue weighted by molar-refractivity contribution is 5.39. The highest BCUT2D eigenvalue weighted by Crippen LogP contribution is 2.39. The van der Waals surface area contributed by atoms with Crippen LogP contribution in [0.4, 0.5) is 14.6 Å². The second kappa shape index (κ2) is 6.25. The third kappa shape index (κ3) is 3.50. The Labute approximate surface area is 127 Å². The van der Waals surface area contributed by atoms with Crippen molar-refractivity contribution in [1.82, 2.24) is 9.97 Å². The lowest BCUT2D eigenvalue weighted by Crippen LogP contribution is -2.06. The van der Waals surface area contributed by atoms with Gasteiger partial charge in [-0.3, -0.25) is 0 Å². The fourth-order valence-electron chi connectivity index (χ4n) is 2.15. The number of ether oxygens (including phenoxy) is 1. The molecule has 1 N–H and O–H groups in total. The topological polar surface area (TPSA) is 47.0 Å². The summed E-state index contributed by atoms with van der Waals surface area (Å²) in [6.07, 6.45) is -0.628. The van der Waals surface area contributed by atoms with Crippen molar-refractivity contribution in [2.24, 2.45) is 0 Å². The van der Waals surface area contributed by atoms with E-state index in [1.165, 1.54) is 6.07 Å². The van der Waals surface area contributed by atoms with E-state index in [-0.39, 0.29) is 11.6 Å². The van der Waals surface area contributed by atoms with E-state index in [0.29, 0.717) is 18.2 Å². The van der Waals surface area contributed by atoms with Gasteiger partial charge in [-0.2, -0.15) is 0 Å². The van der Waals surface area contributed by atoms with Gasteiger partial charge in [-0.1, -0.05) is 12.1 Å². The molecule has 1 fully saturated rings. The van der Waals surface area contributed by atoms with Crippen molar-refractivity contribution in [3.8, 4) is 5.75 Å². The first-order valence-electron chi connectivity index (χ1n) is 7.19. The number of anilines is 1. The molecule has 6 heteroatoms. The molecule has 2 aromatic rings. The Morgan fingerprint density at radius 3 is 2.55 bits per heavy atom. The van der Waals surface area contributed by atoms with E-state index in [0.717, 1.165) is 24.2 Å². The molecular formula is C16H17F2N3O. The molecule has 0 atom stereocenters. The first-order chi connectivity index (χ1) is 10.7. The molecule has 1 aliphatic carbocycles. The standard InChI is InChI=1S/C16H17F2N3O/c1-22-12-6-2-10(3-7-12)9-19-14-8-13(15(17)18)20-16(21-14)11-4-5-11/h2-3,6-8,11,15H,4-5,9H2,1H3,(H,19,20,21). The van der Waals surface area contributed by atoms with E-state index in [1.54, 1.807) is 7.11 Å². The summed E-state index contributed by atoms with van der Waals surface area (Å²) in [6, 6.07) is 8.88. The first kappa shape index (κ1) is 14.7. The van der Waals surface area contributed by atoms with Crippen LogP contribution in [0.2, 0.25) is 0 Å². The van der Waals surface area contributed by atoms with Crippen LogP contribution in [0.5, 0.6) is 5.75 Å². The van der Waals surface area contributed by atoms with Crippen LogP contribution in [0.3, 0.4) is 0 Å². The Kier molecular flexibility index (Phi) is 4.18. The van der Waals surface area contributed by atoms with Crippen molar-refractivity contribution in [3.63, 3.8) is 0 Å². The first-order valence-corrected chi connectivity index (χ1v) is 7.19. The van der Waals surface area contributed by atoms with Gasteiger partial charge in [0.15, 0.2) is 0 Å². The van der Waals surface area contributed by atoms with Gasteiger partial charge in [0, 0.05) is 18.5 Å². The summed E-state index contributed by atoms with van der Waals surface area (Å²) in [5.74, 6) is 1.99. The smallest absolute Gasteiger partial charge is 0.280 e. The van der Waals surface area contributed by atoms with Gasteiger partial charge in [0.2, 0.25) is 0 Å². The van der Waals surface area contributed by atoms with Gasteiger partial charge in [-0.05, 0) is 30.5 Å². The zero-order chi connectivity index (χ0) is 15.5. The number of aromatic nitrogens is 2. The summed E-state index contributed by atoms with van der Waals surface area (Å²) in [6.45, 7) is 0.508. The molecule has 0 aliphatic heterocycles. The van der Waals surface area contributed by atoms with E-state index in [2.05, 4.69) is 15.3 Å². The van der Waals surface area contributed by atoms with Gasteiger partial charge >= 0.3 is 0 Å². The van der Waals surface area contributed by atoms with Gasteiger partial charge in [-0.15, -0.1) is 0 Å². The van der Waals surface area contributed by atoms with Crippen LogP contribution >= 0.6 is 0 Å². The number of nitrogens with zero attached hydrogens (tertiary/aromatic N) is 2. The van der Waals surface area contributed by atoms with Gasteiger partial charge in [0.1, 0.15) is 23.1 Å². The molecule has 116 valence electrons. The summed E-state index contributed by atoms with van der Waals surface area (Å²) >= 11 is 0. The average molecular weight is 305 g/mol. The van der Waals surface area contributed by atoms with E-state index in [9.17, 15) is 8.78 Å². The quantitative estimate of drug-likeness (QED) is 0.879. The molecule has 4 nitrogen and oxygen atoms in total. The van der Waals surface area contributed by atoms with Gasteiger partial charge in [-0.25, -0.2) is 18.7 Å². The molecule has 1 aromatic heterocycles. The highest BCUT2D eigenvalue weighted by atomic mass is 19.3. The lowest BCUT2D eigenvalue weighted by Gasteiger charge is -2.10. The molecule has 1 aliphatic rings. The molecule has 0 amide bonds. The minimum Gasteiger partial charge on any atom is -0.497 e. The molecule has 3 rings (SSSR count). The number of nitrogens with one attached hydrogen (secondary N) is 1. The Bertz CT molecular complexity index is 622. The molecule has 0 spiro atoms. The number of alkyl halides is 2. The summed E-state index contributed by atoms with van der Waals surface area (Å²) in [5, 5.41) is 3.09. The minimum absolute atomic E-state index is 0.214. The van der Waals surface area contributed by atoms with E-state index in [1.807, 2.05) is 24.3 Å². The lowest BCUT2D eigenvalue weighted by molar-refractivity contribution is 0.145. The third-order valence-corrected chi connectivity index (χ3v) is 3.56. The fraction of sp³-hybridized carbons (Fsp3) is 0.375. The Balaban J connectivity index is 1.73. The number of hydrogen-bond donors (Lipinski definition) is 1. The summed E-state index contributed by atoms with van der Waals surface area (Å²) in [7, 11) is 1.61. The van der Waals surface area contributed by atoms with Crippen LogP contribution in [-0.2, 0) is 6.54 Å². The van der Waals surface area contributed by atoms with Crippen molar-refractivity contribution >= 4 is 5.82 Å². The molecule has 22 heavy (non-hydrogen) atoms. The maximum absolute atomic E-state index is 12.9. The van der Waals surface area contributed by atoms with Crippen LogP contribution in [0.15, 0.2) is 30.3 Å². The normalized spacial score (nSPS) is 14.2. The van der Waals surface area contributed by atoms with Crippen molar-refractivity contribution in [3.05, 3.63) is 47.4 Å². The van der Waals surface area contributed by atoms with E-state index >= 15 is 0 Å². The summed E-state index contributed by atoms with van der Waals surface area (Å²) < 4.78 is 30.9. The molecule has 0 saturated heterocycles. The van der Waals surface area contributed by atoms with Gasteiger partial charge in [0.25, 0.3) is 6.43 Å². The zero-order valence-electron chi connectivity index (χ0n) is 12.2. The number of halogens is 2. The molecular weight excluding hydrogens is 288 g/mol. The van der Waals surface area contributed by atoms with E-state index < -0.39 is 6.43 Å². The van der Waals surface area contributed by atoms with Crippen molar-refractivity contribution < 1.29 is 13.5 Å². The monoisotopic (exact) mass is 305 g/mol. The number of benzene rings is 1. The average Bonchev–Trinajstić information content (AvgIpc) is 3.38. The van der Waals surface area contributed by atoms with Gasteiger partial charge in [0.05, 0.1) is 7.11 Å². The second-order valence-electron chi connectivity index (χ2n) is 5.31. The van der Waals surface area contributed by atoms with Crippen molar-refractivity contribution in [2.45, 2.75) is 31.7 Å². The van der Waals surface area contributed by atoms with Crippen LogP contribution in [0.1, 0.15) is 42.3 Å². The molecule has 1 heterocycles. The molecule has 1 aromatic carbocycles. The Morgan fingerprint density at radius 2 is 1.95 bits per heavy atom. The Hall–Kier alpha value is -2.24. The third-order valence-electron chi connectivity index (χ3n) is 3.56.